The van der Waals surface area contributed by atoms with Crippen LogP contribution < -0.4 is 0 Å². The van der Waals surface area contributed by atoms with E-state index in [9.17, 15) is 4.79 Å². The molecule has 21 heavy (non-hydrogen) atoms. The van der Waals surface area contributed by atoms with E-state index >= 15 is 0 Å². The number of carbonyl (C=O) groups excluding carboxylic acids is 1. The maximum absolute atomic E-state index is 12.0. The first-order valence-electron chi connectivity index (χ1n) is 8.35. The molecule has 0 radical (unpaired) electrons. The van der Waals surface area contributed by atoms with Crippen LogP contribution in [0.2, 0.25) is 0 Å². The molecular formula is C19H29NO. The number of carbonyl (C=O) groups is 1. The molecule has 2 rings (SSSR count). The summed E-state index contributed by atoms with van der Waals surface area (Å²) in [5, 5.41) is 0. The lowest BCUT2D eigenvalue weighted by atomic mass is 9.89. The Hall–Kier alpha value is -1.31. The van der Waals surface area contributed by atoms with E-state index in [1.165, 1.54) is 11.1 Å². The lowest BCUT2D eigenvalue weighted by molar-refractivity contribution is -0.135. The van der Waals surface area contributed by atoms with Crippen molar-refractivity contribution in [2.75, 3.05) is 13.1 Å². The van der Waals surface area contributed by atoms with Crippen LogP contribution in [0.1, 0.15) is 57.6 Å². The summed E-state index contributed by atoms with van der Waals surface area (Å²) in [5.41, 5.74) is 2.85. The topological polar surface area (TPSA) is 20.3 Å². The average molecular weight is 287 g/mol. The maximum atomic E-state index is 12.0. The molecule has 0 spiro atoms. The second-order valence-electron chi connectivity index (χ2n) is 7.02. The van der Waals surface area contributed by atoms with E-state index in [4.69, 9.17) is 0 Å². The molecule has 0 aliphatic carbocycles. The van der Waals surface area contributed by atoms with Gasteiger partial charge >= 0.3 is 0 Å². The van der Waals surface area contributed by atoms with Gasteiger partial charge in [-0.3, -0.25) is 4.79 Å². The lowest BCUT2D eigenvalue weighted by Crippen LogP contribution is -2.40. The molecule has 1 aromatic rings. The fraction of sp³-hybridized carbons (Fsp3) is 0.632. The molecule has 2 heteroatoms. The molecule has 0 atom stereocenters. The SMILES string of the molecule is CC(C)C(=O)N1CCC(Cc2ccc(C(C)C)cc2)CC1. The van der Waals surface area contributed by atoms with Gasteiger partial charge in [-0.2, -0.15) is 0 Å². The summed E-state index contributed by atoms with van der Waals surface area (Å²) in [6.45, 7) is 10.3. The molecule has 0 aromatic heterocycles. The van der Waals surface area contributed by atoms with Crippen LogP contribution in [0.4, 0.5) is 0 Å². The van der Waals surface area contributed by atoms with Crippen molar-refractivity contribution >= 4 is 5.91 Å². The van der Waals surface area contributed by atoms with Gasteiger partial charge in [-0.05, 0) is 42.2 Å². The zero-order chi connectivity index (χ0) is 15.4. The van der Waals surface area contributed by atoms with Crippen LogP contribution >= 0.6 is 0 Å². The van der Waals surface area contributed by atoms with E-state index in [0.717, 1.165) is 38.3 Å². The molecule has 0 saturated carbocycles. The molecule has 1 fully saturated rings. The van der Waals surface area contributed by atoms with Crippen LogP contribution in [0.25, 0.3) is 0 Å². The van der Waals surface area contributed by atoms with Gasteiger partial charge in [0.05, 0.1) is 0 Å². The summed E-state index contributed by atoms with van der Waals surface area (Å²) in [6.07, 6.45) is 3.44. The van der Waals surface area contributed by atoms with Gasteiger partial charge in [0.1, 0.15) is 0 Å². The Morgan fingerprint density at radius 1 is 1.10 bits per heavy atom. The second kappa shape index (κ2) is 7.11. The number of benzene rings is 1. The molecule has 1 aromatic carbocycles. The van der Waals surface area contributed by atoms with Gasteiger partial charge in [0.2, 0.25) is 5.91 Å². The van der Waals surface area contributed by atoms with Crippen molar-refractivity contribution in [3.63, 3.8) is 0 Å². The molecule has 1 amide bonds. The Morgan fingerprint density at radius 3 is 2.14 bits per heavy atom. The zero-order valence-corrected chi connectivity index (χ0v) is 13.9. The predicted octanol–water partition coefficient (Wildman–Crippen LogP) is 4.25. The van der Waals surface area contributed by atoms with Crippen LogP contribution in [-0.4, -0.2) is 23.9 Å². The third kappa shape index (κ3) is 4.33. The van der Waals surface area contributed by atoms with E-state index in [1.54, 1.807) is 0 Å². The van der Waals surface area contributed by atoms with Gasteiger partial charge in [0.15, 0.2) is 0 Å². The molecule has 0 bridgehead atoms. The van der Waals surface area contributed by atoms with Crippen LogP contribution in [0.5, 0.6) is 0 Å². The molecule has 0 N–H and O–H groups in total. The Kier molecular flexibility index (Phi) is 5.44. The minimum Gasteiger partial charge on any atom is -0.342 e. The summed E-state index contributed by atoms with van der Waals surface area (Å²) < 4.78 is 0. The summed E-state index contributed by atoms with van der Waals surface area (Å²) >= 11 is 0. The third-order valence-electron chi connectivity index (χ3n) is 4.59. The fourth-order valence-corrected chi connectivity index (χ4v) is 3.09. The van der Waals surface area contributed by atoms with Crippen molar-refractivity contribution in [1.29, 1.82) is 0 Å². The van der Waals surface area contributed by atoms with Crippen molar-refractivity contribution in [1.82, 2.24) is 4.90 Å². The van der Waals surface area contributed by atoms with E-state index in [1.807, 2.05) is 18.7 Å². The van der Waals surface area contributed by atoms with Crippen LogP contribution in [0.3, 0.4) is 0 Å². The van der Waals surface area contributed by atoms with Crippen LogP contribution in [-0.2, 0) is 11.2 Å². The zero-order valence-electron chi connectivity index (χ0n) is 13.9. The molecule has 1 heterocycles. The highest BCUT2D eigenvalue weighted by Gasteiger charge is 2.24. The first-order chi connectivity index (χ1) is 9.97. The summed E-state index contributed by atoms with van der Waals surface area (Å²) in [4.78, 5) is 14.0. The number of piperidine rings is 1. The molecule has 2 nitrogen and oxygen atoms in total. The highest BCUT2D eigenvalue weighted by atomic mass is 16.2. The Labute approximate surface area is 129 Å². The predicted molar refractivity (Wildman–Crippen MR) is 88.4 cm³/mol. The highest BCUT2D eigenvalue weighted by Crippen LogP contribution is 2.23. The Bertz CT molecular complexity index is 453. The minimum absolute atomic E-state index is 0.130. The van der Waals surface area contributed by atoms with Gasteiger partial charge in [-0.15, -0.1) is 0 Å². The van der Waals surface area contributed by atoms with Gasteiger partial charge in [0.25, 0.3) is 0 Å². The van der Waals surface area contributed by atoms with Gasteiger partial charge in [0, 0.05) is 19.0 Å². The van der Waals surface area contributed by atoms with E-state index < -0.39 is 0 Å². The first-order valence-corrected chi connectivity index (χ1v) is 8.35. The third-order valence-corrected chi connectivity index (χ3v) is 4.59. The lowest BCUT2D eigenvalue weighted by Gasteiger charge is -2.33. The molecule has 116 valence electrons. The van der Waals surface area contributed by atoms with E-state index in [-0.39, 0.29) is 5.92 Å². The van der Waals surface area contributed by atoms with Crippen molar-refractivity contribution < 1.29 is 4.79 Å². The quantitative estimate of drug-likeness (QED) is 0.811. The molecular weight excluding hydrogens is 258 g/mol. The molecule has 0 unspecified atom stereocenters. The highest BCUT2D eigenvalue weighted by molar-refractivity contribution is 5.78. The number of hydrogen-bond acceptors (Lipinski definition) is 1. The first kappa shape index (κ1) is 16.1. The van der Waals surface area contributed by atoms with Crippen molar-refractivity contribution in [3.8, 4) is 0 Å². The number of likely N-dealkylation sites (tertiary alicyclic amines) is 1. The average Bonchev–Trinajstić information content (AvgIpc) is 2.47. The number of hydrogen-bond donors (Lipinski definition) is 0. The molecule has 1 aliphatic rings. The van der Waals surface area contributed by atoms with E-state index in [2.05, 4.69) is 38.1 Å². The van der Waals surface area contributed by atoms with Crippen molar-refractivity contribution in [3.05, 3.63) is 35.4 Å². The minimum atomic E-state index is 0.130. The maximum Gasteiger partial charge on any atom is 0.225 e. The number of amides is 1. The molecule has 1 aliphatic heterocycles. The normalized spacial score (nSPS) is 16.8. The smallest absolute Gasteiger partial charge is 0.225 e. The Morgan fingerprint density at radius 2 is 1.67 bits per heavy atom. The second-order valence-corrected chi connectivity index (χ2v) is 7.02. The van der Waals surface area contributed by atoms with Gasteiger partial charge in [-0.1, -0.05) is 52.0 Å². The van der Waals surface area contributed by atoms with Crippen LogP contribution in [0.15, 0.2) is 24.3 Å². The van der Waals surface area contributed by atoms with Crippen molar-refractivity contribution in [2.45, 2.75) is 52.9 Å². The van der Waals surface area contributed by atoms with Crippen LogP contribution in [0, 0.1) is 11.8 Å². The summed E-state index contributed by atoms with van der Waals surface area (Å²) in [7, 11) is 0. The van der Waals surface area contributed by atoms with Crippen molar-refractivity contribution in [2.24, 2.45) is 11.8 Å². The summed E-state index contributed by atoms with van der Waals surface area (Å²) in [6, 6.07) is 9.08. The number of rotatable bonds is 4. The standard InChI is InChI=1S/C19H29NO/c1-14(2)18-7-5-16(6-8-18)13-17-9-11-20(12-10-17)19(21)15(3)4/h5-8,14-15,17H,9-13H2,1-4H3. The number of nitrogens with zero attached hydrogens (tertiary/aromatic N) is 1. The molecule has 1 saturated heterocycles. The van der Waals surface area contributed by atoms with Gasteiger partial charge < -0.3 is 4.90 Å². The fourth-order valence-electron chi connectivity index (χ4n) is 3.09. The monoisotopic (exact) mass is 287 g/mol. The van der Waals surface area contributed by atoms with E-state index in [0.29, 0.717) is 11.8 Å². The van der Waals surface area contributed by atoms with Gasteiger partial charge in [-0.25, -0.2) is 0 Å². The summed E-state index contributed by atoms with van der Waals surface area (Å²) in [5.74, 6) is 1.77. The largest absolute Gasteiger partial charge is 0.342 e. The Balaban J connectivity index is 1.84.